The molecule has 0 N–H and O–H groups in total. The van der Waals surface area contributed by atoms with Crippen molar-refractivity contribution in [1.29, 1.82) is 0 Å². The number of anilines is 3. The molecule has 9 aromatic carbocycles. The minimum absolute atomic E-state index is 1.11. The van der Waals surface area contributed by atoms with Crippen LogP contribution < -0.4 is 4.90 Å². The number of hydrogen-bond acceptors (Lipinski definition) is 1. The Hall–Kier alpha value is -6.64. The number of rotatable bonds is 5. The third-order valence-corrected chi connectivity index (χ3v) is 10.1. The topological polar surface area (TPSA) is 8.17 Å². The lowest BCUT2D eigenvalue weighted by Crippen LogP contribution is -2.10. The van der Waals surface area contributed by atoms with Gasteiger partial charge in [0.2, 0.25) is 0 Å². The average Bonchev–Trinajstić information content (AvgIpc) is 3.54. The number of hydrogen-bond donors (Lipinski definition) is 0. The van der Waals surface area contributed by atoms with Crippen LogP contribution >= 0.6 is 0 Å². The molecule has 0 aliphatic carbocycles. The fourth-order valence-electron chi connectivity index (χ4n) is 7.95. The lowest BCUT2D eigenvalue weighted by molar-refractivity contribution is 1.18. The Morgan fingerprint density at radius 3 is 1.76 bits per heavy atom. The molecule has 0 fully saturated rings. The van der Waals surface area contributed by atoms with E-state index in [4.69, 9.17) is 0 Å². The highest BCUT2D eigenvalue weighted by Gasteiger charge is 2.21. The molecule has 2 nitrogen and oxygen atoms in total. The second-order valence-electron chi connectivity index (χ2n) is 12.9. The molecule has 0 saturated carbocycles. The van der Waals surface area contributed by atoms with Gasteiger partial charge in [0.1, 0.15) is 0 Å². The van der Waals surface area contributed by atoms with Crippen molar-refractivity contribution in [2.24, 2.45) is 0 Å². The van der Waals surface area contributed by atoms with Crippen molar-refractivity contribution in [2.45, 2.75) is 0 Å². The normalized spacial score (nSPS) is 11.6. The van der Waals surface area contributed by atoms with Crippen molar-refractivity contribution in [3.8, 4) is 16.8 Å². The van der Waals surface area contributed by atoms with E-state index in [9.17, 15) is 0 Å². The van der Waals surface area contributed by atoms with Gasteiger partial charge in [0.05, 0.1) is 16.7 Å². The number of para-hydroxylation sites is 3. The minimum Gasteiger partial charge on any atom is -0.310 e. The molecule has 1 aromatic heterocycles. The SMILES string of the molecule is c1ccc(N(c2ccc(-c3cc4ccc5ccccc5c4c4ccccc34)cc2)c2cccc3c2c2ccccc2n3-c2ccccc2)cc1. The lowest BCUT2D eigenvalue weighted by Gasteiger charge is -2.27. The van der Waals surface area contributed by atoms with E-state index in [2.05, 4.69) is 204 Å². The zero-order chi connectivity index (χ0) is 33.0. The van der Waals surface area contributed by atoms with Gasteiger partial charge in [0.25, 0.3) is 0 Å². The second kappa shape index (κ2) is 11.5. The van der Waals surface area contributed by atoms with Gasteiger partial charge >= 0.3 is 0 Å². The number of benzene rings is 9. The van der Waals surface area contributed by atoms with E-state index in [0.29, 0.717) is 0 Å². The van der Waals surface area contributed by atoms with Gasteiger partial charge in [-0.05, 0) is 104 Å². The Bertz CT molecular complexity index is 2850. The fraction of sp³-hybridized carbons (Fsp3) is 0. The Labute approximate surface area is 290 Å². The number of aromatic nitrogens is 1. The van der Waals surface area contributed by atoms with Crippen LogP contribution in [0, 0.1) is 0 Å². The Morgan fingerprint density at radius 1 is 0.360 bits per heavy atom. The molecule has 0 aliphatic heterocycles. The molecular weight excluding hydrogens is 605 g/mol. The summed E-state index contributed by atoms with van der Waals surface area (Å²) in [4.78, 5) is 2.40. The van der Waals surface area contributed by atoms with Crippen LogP contribution in [0.3, 0.4) is 0 Å². The molecule has 2 heteroatoms. The largest absolute Gasteiger partial charge is 0.310 e. The van der Waals surface area contributed by atoms with Crippen LogP contribution in [-0.4, -0.2) is 4.57 Å². The summed E-state index contributed by atoms with van der Waals surface area (Å²) in [5.41, 5.74) is 9.36. The smallest absolute Gasteiger partial charge is 0.0562 e. The van der Waals surface area contributed by atoms with Crippen LogP contribution in [0.5, 0.6) is 0 Å². The van der Waals surface area contributed by atoms with Gasteiger partial charge in [-0.1, -0.05) is 133 Å². The summed E-state index contributed by atoms with van der Waals surface area (Å²) < 4.78 is 2.38. The summed E-state index contributed by atoms with van der Waals surface area (Å²) in [6.45, 7) is 0. The first kappa shape index (κ1) is 28.4. The van der Waals surface area contributed by atoms with Gasteiger partial charge in [0.15, 0.2) is 0 Å². The molecule has 1 heterocycles. The average molecular weight is 637 g/mol. The monoisotopic (exact) mass is 636 g/mol. The Kier molecular flexibility index (Phi) is 6.53. The molecule has 0 unspecified atom stereocenters. The zero-order valence-corrected chi connectivity index (χ0v) is 27.4. The van der Waals surface area contributed by atoms with Crippen molar-refractivity contribution in [3.05, 3.63) is 194 Å². The van der Waals surface area contributed by atoms with Crippen LogP contribution in [0.2, 0.25) is 0 Å². The van der Waals surface area contributed by atoms with E-state index in [0.717, 1.165) is 22.7 Å². The third kappa shape index (κ3) is 4.43. The van der Waals surface area contributed by atoms with Gasteiger partial charge in [-0.2, -0.15) is 0 Å². The maximum atomic E-state index is 2.40. The van der Waals surface area contributed by atoms with Gasteiger partial charge in [-0.15, -0.1) is 0 Å². The summed E-state index contributed by atoms with van der Waals surface area (Å²) in [7, 11) is 0. The number of fused-ring (bicyclic) bond motifs is 8. The summed E-state index contributed by atoms with van der Waals surface area (Å²) in [5, 5.41) is 10.2. The van der Waals surface area contributed by atoms with E-state index in [-0.39, 0.29) is 0 Å². The lowest BCUT2D eigenvalue weighted by atomic mass is 9.90. The highest BCUT2D eigenvalue weighted by molar-refractivity contribution is 6.23. The van der Waals surface area contributed by atoms with E-state index in [1.54, 1.807) is 0 Å². The quantitative estimate of drug-likeness (QED) is 0.171. The zero-order valence-electron chi connectivity index (χ0n) is 27.4. The minimum atomic E-state index is 1.11. The molecule has 50 heavy (non-hydrogen) atoms. The fourth-order valence-corrected chi connectivity index (χ4v) is 7.95. The molecule has 0 radical (unpaired) electrons. The molecule has 10 rings (SSSR count). The molecule has 234 valence electrons. The van der Waals surface area contributed by atoms with Gasteiger partial charge in [-0.3, -0.25) is 0 Å². The summed E-state index contributed by atoms with van der Waals surface area (Å²) >= 11 is 0. The maximum Gasteiger partial charge on any atom is 0.0562 e. The van der Waals surface area contributed by atoms with Crippen LogP contribution in [0.1, 0.15) is 0 Å². The van der Waals surface area contributed by atoms with Gasteiger partial charge in [0, 0.05) is 27.8 Å². The van der Waals surface area contributed by atoms with E-state index >= 15 is 0 Å². The molecule has 0 spiro atoms. The van der Waals surface area contributed by atoms with E-state index < -0.39 is 0 Å². The first-order valence-corrected chi connectivity index (χ1v) is 17.2. The van der Waals surface area contributed by atoms with Crippen molar-refractivity contribution < 1.29 is 0 Å². The second-order valence-corrected chi connectivity index (χ2v) is 12.9. The first-order valence-electron chi connectivity index (χ1n) is 17.2. The summed E-state index contributed by atoms with van der Waals surface area (Å²) in [6, 6.07) is 70.4. The van der Waals surface area contributed by atoms with Crippen LogP contribution in [0.25, 0.3) is 70.9 Å². The Balaban J connectivity index is 1.17. The van der Waals surface area contributed by atoms with Gasteiger partial charge in [-0.25, -0.2) is 0 Å². The maximum absolute atomic E-state index is 2.40. The molecule has 0 aliphatic rings. The summed E-state index contributed by atoms with van der Waals surface area (Å²) in [6.07, 6.45) is 0. The van der Waals surface area contributed by atoms with E-state index in [1.807, 2.05) is 0 Å². The van der Waals surface area contributed by atoms with Crippen molar-refractivity contribution in [2.75, 3.05) is 4.90 Å². The molecule has 0 amide bonds. The predicted octanol–water partition coefficient (Wildman–Crippen LogP) is 13.4. The van der Waals surface area contributed by atoms with Crippen LogP contribution in [0.15, 0.2) is 194 Å². The summed E-state index contributed by atoms with van der Waals surface area (Å²) in [5.74, 6) is 0. The van der Waals surface area contributed by atoms with E-state index in [1.165, 1.54) is 65.3 Å². The molecular formula is C48H32N2. The Morgan fingerprint density at radius 2 is 0.960 bits per heavy atom. The van der Waals surface area contributed by atoms with Crippen LogP contribution in [0.4, 0.5) is 17.1 Å². The highest BCUT2D eigenvalue weighted by Crippen LogP contribution is 2.45. The molecule has 0 bridgehead atoms. The standard InChI is InChI=1S/C48H32N2/c1-3-15-36(16-4-1)49(45-24-13-25-46-48(45)42-22-11-12-23-44(42)50(46)37-17-5-2-6-18-37)38-30-28-34(29-31-38)43-32-35-27-26-33-14-7-8-19-39(33)47(35)41-21-10-9-20-40(41)43/h1-32H. The van der Waals surface area contributed by atoms with Crippen molar-refractivity contribution in [3.63, 3.8) is 0 Å². The molecule has 10 aromatic rings. The van der Waals surface area contributed by atoms with Crippen LogP contribution in [-0.2, 0) is 0 Å². The van der Waals surface area contributed by atoms with Crippen molar-refractivity contribution >= 4 is 71.2 Å². The number of nitrogens with zero attached hydrogens (tertiary/aromatic N) is 2. The molecule has 0 atom stereocenters. The van der Waals surface area contributed by atoms with Crippen molar-refractivity contribution in [1.82, 2.24) is 4.57 Å². The third-order valence-electron chi connectivity index (χ3n) is 10.1. The molecule has 0 saturated heterocycles. The predicted molar refractivity (Wildman–Crippen MR) is 213 cm³/mol. The highest BCUT2D eigenvalue weighted by atomic mass is 15.1. The first-order chi connectivity index (χ1) is 24.8. The van der Waals surface area contributed by atoms with Gasteiger partial charge < -0.3 is 9.47 Å².